The number of hydrogen-bond acceptors (Lipinski definition) is 3. The molecule has 0 amide bonds. The van der Waals surface area contributed by atoms with E-state index in [2.05, 4.69) is 4.98 Å². The summed E-state index contributed by atoms with van der Waals surface area (Å²) < 4.78 is 26.4. The van der Waals surface area contributed by atoms with Gasteiger partial charge in [0.2, 0.25) is 15.0 Å². The van der Waals surface area contributed by atoms with E-state index in [1.165, 1.54) is 10.8 Å². The van der Waals surface area contributed by atoms with Crippen LogP contribution in [0.2, 0.25) is 0 Å². The lowest BCUT2D eigenvalue weighted by Crippen LogP contribution is -2.11. The smallest absolute Gasteiger partial charge is 0.227 e. The highest BCUT2D eigenvalue weighted by atomic mass is 32.2. The molecule has 0 atom stereocenters. The summed E-state index contributed by atoms with van der Waals surface area (Å²) in [5.41, 5.74) is 0.797. The number of sulfone groups is 1. The Morgan fingerprint density at radius 3 is 2.60 bits per heavy atom. The Labute approximate surface area is 117 Å². The van der Waals surface area contributed by atoms with Gasteiger partial charge in [0, 0.05) is 19.4 Å². The Morgan fingerprint density at radius 1 is 1.10 bits per heavy atom. The molecule has 0 unspecified atom stereocenters. The molecule has 0 saturated heterocycles. The SMILES string of the molecule is Cn1ccnc1S(=O)(=O)Cc1cccc2ccccc12. The molecule has 0 fully saturated rings. The van der Waals surface area contributed by atoms with Gasteiger partial charge in [-0.25, -0.2) is 13.4 Å². The number of imidazole rings is 1. The van der Waals surface area contributed by atoms with E-state index in [1.807, 2.05) is 42.5 Å². The van der Waals surface area contributed by atoms with Gasteiger partial charge < -0.3 is 4.57 Å². The van der Waals surface area contributed by atoms with Crippen LogP contribution in [0.4, 0.5) is 0 Å². The molecule has 3 rings (SSSR count). The summed E-state index contributed by atoms with van der Waals surface area (Å²) in [4.78, 5) is 3.94. The summed E-state index contributed by atoms with van der Waals surface area (Å²) >= 11 is 0. The topological polar surface area (TPSA) is 52.0 Å². The van der Waals surface area contributed by atoms with E-state index in [0.717, 1.165) is 16.3 Å². The van der Waals surface area contributed by atoms with Crippen molar-refractivity contribution in [1.82, 2.24) is 9.55 Å². The number of aromatic nitrogens is 2. The van der Waals surface area contributed by atoms with Crippen molar-refractivity contribution >= 4 is 20.6 Å². The van der Waals surface area contributed by atoms with Gasteiger partial charge in [0.25, 0.3) is 0 Å². The van der Waals surface area contributed by atoms with Gasteiger partial charge in [0.1, 0.15) is 0 Å². The number of rotatable bonds is 3. The molecular formula is C15H14N2O2S. The second kappa shape index (κ2) is 4.76. The lowest BCUT2D eigenvalue weighted by atomic mass is 10.1. The molecule has 0 saturated carbocycles. The van der Waals surface area contributed by atoms with Crippen LogP contribution in [0.15, 0.2) is 60.0 Å². The first-order valence-electron chi connectivity index (χ1n) is 6.25. The zero-order valence-corrected chi connectivity index (χ0v) is 11.8. The molecule has 3 aromatic rings. The van der Waals surface area contributed by atoms with Crippen molar-refractivity contribution in [2.24, 2.45) is 7.05 Å². The maximum absolute atomic E-state index is 12.4. The standard InChI is InChI=1S/C15H14N2O2S/c1-17-10-9-16-15(17)20(18,19)11-13-7-4-6-12-5-2-3-8-14(12)13/h2-10H,11H2,1H3. The molecule has 1 aromatic heterocycles. The monoisotopic (exact) mass is 286 g/mol. The fraction of sp³-hybridized carbons (Fsp3) is 0.133. The van der Waals surface area contributed by atoms with Crippen LogP contribution in [-0.2, 0) is 22.6 Å². The Hall–Kier alpha value is -2.14. The number of nitrogens with zero attached hydrogens (tertiary/aromatic N) is 2. The molecule has 4 nitrogen and oxygen atoms in total. The second-order valence-electron chi connectivity index (χ2n) is 4.72. The first-order chi connectivity index (χ1) is 9.58. The van der Waals surface area contributed by atoms with E-state index in [0.29, 0.717) is 0 Å². The highest BCUT2D eigenvalue weighted by Gasteiger charge is 2.20. The average molecular weight is 286 g/mol. The zero-order chi connectivity index (χ0) is 14.2. The predicted molar refractivity (Wildman–Crippen MR) is 78.0 cm³/mol. The summed E-state index contributed by atoms with van der Waals surface area (Å²) in [6.07, 6.45) is 3.13. The molecule has 0 radical (unpaired) electrons. The maximum atomic E-state index is 12.4. The van der Waals surface area contributed by atoms with Gasteiger partial charge in [-0.3, -0.25) is 0 Å². The molecule has 0 aliphatic rings. The molecule has 5 heteroatoms. The minimum atomic E-state index is -3.44. The third-order valence-electron chi connectivity index (χ3n) is 3.28. The van der Waals surface area contributed by atoms with Gasteiger partial charge in [-0.2, -0.15) is 0 Å². The first kappa shape index (κ1) is 12.9. The van der Waals surface area contributed by atoms with E-state index in [-0.39, 0.29) is 10.9 Å². The number of benzene rings is 2. The van der Waals surface area contributed by atoms with Crippen molar-refractivity contribution in [1.29, 1.82) is 0 Å². The molecule has 0 bridgehead atoms. The molecule has 102 valence electrons. The predicted octanol–water partition coefficient (Wildman–Crippen LogP) is 2.55. The van der Waals surface area contributed by atoms with Crippen LogP contribution in [0.25, 0.3) is 10.8 Å². The molecular weight excluding hydrogens is 272 g/mol. The minimum absolute atomic E-state index is 0.0425. The van der Waals surface area contributed by atoms with Gasteiger partial charge in [-0.1, -0.05) is 42.5 Å². The van der Waals surface area contributed by atoms with Crippen LogP contribution in [0.1, 0.15) is 5.56 Å². The van der Waals surface area contributed by atoms with Crippen LogP contribution in [0.5, 0.6) is 0 Å². The largest absolute Gasteiger partial charge is 0.325 e. The Bertz CT molecular complexity index is 861. The van der Waals surface area contributed by atoms with Crippen molar-refractivity contribution in [2.75, 3.05) is 0 Å². The molecule has 20 heavy (non-hydrogen) atoms. The summed E-state index contributed by atoms with van der Waals surface area (Å²) in [5, 5.41) is 2.11. The minimum Gasteiger partial charge on any atom is -0.325 e. The van der Waals surface area contributed by atoms with E-state index in [1.54, 1.807) is 13.2 Å². The van der Waals surface area contributed by atoms with Gasteiger partial charge in [-0.15, -0.1) is 0 Å². The summed E-state index contributed by atoms with van der Waals surface area (Å²) in [6, 6.07) is 13.5. The van der Waals surface area contributed by atoms with Crippen molar-refractivity contribution in [3.05, 3.63) is 60.4 Å². The highest BCUT2D eigenvalue weighted by Crippen LogP contribution is 2.22. The Kier molecular flexibility index (Phi) is 3.06. The fourth-order valence-corrected chi connectivity index (χ4v) is 3.85. The van der Waals surface area contributed by atoms with E-state index in [9.17, 15) is 8.42 Å². The van der Waals surface area contributed by atoms with Crippen molar-refractivity contribution in [3.8, 4) is 0 Å². The van der Waals surface area contributed by atoms with Crippen LogP contribution < -0.4 is 0 Å². The van der Waals surface area contributed by atoms with Gasteiger partial charge in [0.05, 0.1) is 5.75 Å². The van der Waals surface area contributed by atoms with Crippen molar-refractivity contribution in [2.45, 2.75) is 10.9 Å². The van der Waals surface area contributed by atoms with Crippen molar-refractivity contribution in [3.63, 3.8) is 0 Å². The van der Waals surface area contributed by atoms with Crippen LogP contribution >= 0.6 is 0 Å². The zero-order valence-electron chi connectivity index (χ0n) is 11.0. The van der Waals surface area contributed by atoms with E-state index in [4.69, 9.17) is 0 Å². The number of hydrogen-bond donors (Lipinski definition) is 0. The molecule has 1 heterocycles. The highest BCUT2D eigenvalue weighted by molar-refractivity contribution is 7.90. The Morgan fingerprint density at radius 2 is 1.85 bits per heavy atom. The second-order valence-corrected chi connectivity index (χ2v) is 6.60. The lowest BCUT2D eigenvalue weighted by Gasteiger charge is -2.07. The first-order valence-corrected chi connectivity index (χ1v) is 7.90. The summed E-state index contributed by atoms with van der Waals surface area (Å²) in [6.45, 7) is 0. The van der Waals surface area contributed by atoms with Gasteiger partial charge >= 0.3 is 0 Å². The molecule has 0 aliphatic heterocycles. The third kappa shape index (κ3) is 2.20. The van der Waals surface area contributed by atoms with E-state index < -0.39 is 9.84 Å². The quantitative estimate of drug-likeness (QED) is 0.743. The maximum Gasteiger partial charge on any atom is 0.227 e. The summed E-state index contributed by atoms with van der Waals surface area (Å²) in [7, 11) is -1.76. The molecule has 0 aliphatic carbocycles. The van der Waals surface area contributed by atoms with Crippen molar-refractivity contribution < 1.29 is 8.42 Å². The van der Waals surface area contributed by atoms with Crippen LogP contribution in [-0.4, -0.2) is 18.0 Å². The number of fused-ring (bicyclic) bond motifs is 1. The molecule has 0 spiro atoms. The van der Waals surface area contributed by atoms with E-state index >= 15 is 0 Å². The van der Waals surface area contributed by atoms with Gasteiger partial charge in [0.15, 0.2) is 0 Å². The fourth-order valence-electron chi connectivity index (χ4n) is 2.34. The van der Waals surface area contributed by atoms with Crippen LogP contribution in [0, 0.1) is 0 Å². The lowest BCUT2D eigenvalue weighted by molar-refractivity contribution is 0.578. The van der Waals surface area contributed by atoms with Crippen LogP contribution in [0.3, 0.4) is 0 Å². The van der Waals surface area contributed by atoms with Gasteiger partial charge in [-0.05, 0) is 16.3 Å². The average Bonchev–Trinajstić information content (AvgIpc) is 2.86. The normalized spacial score (nSPS) is 11.8. The molecule has 0 N–H and O–H groups in total. The number of aryl methyl sites for hydroxylation is 1. The molecule has 2 aromatic carbocycles. The summed E-state index contributed by atoms with van der Waals surface area (Å²) in [5.74, 6) is -0.0425. The Balaban J connectivity index is 2.08. The third-order valence-corrected chi connectivity index (χ3v) is 4.92.